The molecule has 0 aliphatic heterocycles. The van der Waals surface area contributed by atoms with Crippen LogP contribution in [-0.2, 0) is 4.79 Å². The van der Waals surface area contributed by atoms with Crippen molar-refractivity contribution in [2.24, 2.45) is 0 Å². The molecule has 3 nitrogen and oxygen atoms in total. The van der Waals surface area contributed by atoms with Crippen LogP contribution in [0.3, 0.4) is 0 Å². The number of aliphatic hydroxyl groups is 1. The van der Waals surface area contributed by atoms with Crippen molar-refractivity contribution in [3.8, 4) is 0 Å². The maximum Gasteiger partial charge on any atom is 0.255 e. The number of aliphatic hydroxyl groups excluding tert-OH is 1. The first-order valence-electron chi connectivity index (χ1n) is 6.41. The van der Waals surface area contributed by atoms with Crippen molar-refractivity contribution in [1.29, 1.82) is 0 Å². The normalized spacial score (nSPS) is 11.0. The standard InChI is InChI=1S/C14H18BrF2NO2S/c1-9-6-12(10(2)5-11(9)15)21-8-14(20)18(3-4-19)7-13(16)17/h5-6,13,19H,3-4,7-8H2,1-2H3. The van der Waals surface area contributed by atoms with E-state index in [1.165, 1.54) is 11.8 Å². The lowest BCUT2D eigenvalue weighted by atomic mass is 10.2. The van der Waals surface area contributed by atoms with E-state index in [9.17, 15) is 13.6 Å². The Hall–Kier alpha value is -0.660. The number of aryl methyl sites for hydroxylation is 2. The first kappa shape index (κ1) is 18.4. The van der Waals surface area contributed by atoms with Gasteiger partial charge in [-0.3, -0.25) is 4.79 Å². The summed E-state index contributed by atoms with van der Waals surface area (Å²) < 4.78 is 25.8. The van der Waals surface area contributed by atoms with Crippen molar-refractivity contribution >= 4 is 33.6 Å². The lowest BCUT2D eigenvalue weighted by molar-refractivity contribution is -0.130. The van der Waals surface area contributed by atoms with Gasteiger partial charge in [0.05, 0.1) is 18.9 Å². The molecule has 1 aromatic carbocycles. The van der Waals surface area contributed by atoms with Crippen LogP contribution in [-0.4, -0.2) is 47.8 Å². The van der Waals surface area contributed by atoms with Gasteiger partial charge >= 0.3 is 0 Å². The molecule has 118 valence electrons. The molecular formula is C14H18BrF2NO2S. The van der Waals surface area contributed by atoms with Crippen LogP contribution in [0.1, 0.15) is 11.1 Å². The Labute approximate surface area is 135 Å². The van der Waals surface area contributed by atoms with Crippen LogP contribution in [0.2, 0.25) is 0 Å². The second-order valence-corrected chi connectivity index (χ2v) is 6.48. The summed E-state index contributed by atoms with van der Waals surface area (Å²) in [6.45, 7) is 2.85. The molecule has 0 fully saturated rings. The highest BCUT2D eigenvalue weighted by molar-refractivity contribution is 9.10. The van der Waals surface area contributed by atoms with E-state index in [-0.39, 0.29) is 18.9 Å². The van der Waals surface area contributed by atoms with Gasteiger partial charge in [-0.05, 0) is 37.1 Å². The topological polar surface area (TPSA) is 40.5 Å². The fourth-order valence-electron chi connectivity index (χ4n) is 1.75. The van der Waals surface area contributed by atoms with Crippen molar-refractivity contribution < 1.29 is 18.7 Å². The van der Waals surface area contributed by atoms with Crippen LogP contribution in [0.15, 0.2) is 21.5 Å². The number of rotatable bonds is 7. The summed E-state index contributed by atoms with van der Waals surface area (Å²) in [5.41, 5.74) is 2.07. The zero-order chi connectivity index (χ0) is 16.0. The number of alkyl halides is 2. The number of amides is 1. The molecule has 0 aliphatic carbocycles. The number of hydrogen-bond acceptors (Lipinski definition) is 3. The van der Waals surface area contributed by atoms with Crippen LogP contribution in [0, 0.1) is 13.8 Å². The minimum absolute atomic E-state index is 0.0674. The highest BCUT2D eigenvalue weighted by atomic mass is 79.9. The molecule has 0 bridgehead atoms. The third kappa shape index (κ3) is 5.92. The minimum Gasteiger partial charge on any atom is -0.395 e. The van der Waals surface area contributed by atoms with Gasteiger partial charge in [0.15, 0.2) is 0 Å². The maximum atomic E-state index is 12.4. The molecule has 0 radical (unpaired) electrons. The minimum atomic E-state index is -2.60. The molecule has 1 aromatic rings. The molecule has 0 saturated heterocycles. The lowest BCUT2D eigenvalue weighted by Crippen LogP contribution is -2.38. The number of halogens is 3. The summed E-state index contributed by atoms with van der Waals surface area (Å²) in [5.74, 6) is -0.316. The molecule has 0 aliphatic rings. The Balaban J connectivity index is 2.68. The number of nitrogens with zero attached hydrogens (tertiary/aromatic N) is 1. The highest BCUT2D eigenvalue weighted by Crippen LogP contribution is 2.28. The van der Waals surface area contributed by atoms with Gasteiger partial charge in [0.25, 0.3) is 6.43 Å². The Morgan fingerprint density at radius 1 is 1.38 bits per heavy atom. The third-order valence-corrected chi connectivity index (χ3v) is 4.88. The zero-order valence-corrected chi connectivity index (χ0v) is 14.3. The molecule has 1 amide bonds. The van der Waals surface area contributed by atoms with Crippen LogP contribution in [0.25, 0.3) is 0 Å². The van der Waals surface area contributed by atoms with Crippen LogP contribution in [0.4, 0.5) is 8.78 Å². The van der Waals surface area contributed by atoms with Gasteiger partial charge in [-0.25, -0.2) is 8.78 Å². The molecule has 0 atom stereocenters. The van der Waals surface area contributed by atoms with Gasteiger partial charge in [0.2, 0.25) is 5.91 Å². The monoisotopic (exact) mass is 381 g/mol. The Bertz CT molecular complexity index is 500. The second-order valence-electron chi connectivity index (χ2n) is 4.61. The predicted octanol–water partition coefficient (Wildman–Crippen LogP) is 3.24. The molecule has 1 rings (SSSR count). The Morgan fingerprint density at radius 3 is 2.62 bits per heavy atom. The van der Waals surface area contributed by atoms with Gasteiger partial charge in [-0.15, -0.1) is 11.8 Å². The van der Waals surface area contributed by atoms with E-state index in [4.69, 9.17) is 5.11 Å². The van der Waals surface area contributed by atoms with Gasteiger partial charge in [0, 0.05) is 15.9 Å². The Morgan fingerprint density at radius 2 is 2.05 bits per heavy atom. The fraction of sp³-hybridized carbons (Fsp3) is 0.500. The molecule has 0 aromatic heterocycles. The van der Waals surface area contributed by atoms with Crippen LogP contribution >= 0.6 is 27.7 Å². The van der Waals surface area contributed by atoms with Gasteiger partial charge in [-0.2, -0.15) is 0 Å². The van der Waals surface area contributed by atoms with Crippen LogP contribution in [0.5, 0.6) is 0 Å². The van der Waals surface area contributed by atoms with E-state index in [2.05, 4.69) is 15.9 Å². The number of thioether (sulfide) groups is 1. The Kier molecular flexibility index (Phi) is 7.62. The zero-order valence-electron chi connectivity index (χ0n) is 11.9. The summed E-state index contributed by atoms with van der Waals surface area (Å²) in [4.78, 5) is 13.9. The van der Waals surface area contributed by atoms with E-state index >= 15 is 0 Å². The molecule has 0 saturated carbocycles. The summed E-state index contributed by atoms with van der Waals surface area (Å²) in [6, 6.07) is 3.92. The van der Waals surface area contributed by atoms with Crippen molar-refractivity contribution in [2.45, 2.75) is 25.2 Å². The summed E-state index contributed by atoms with van der Waals surface area (Å²) in [5, 5.41) is 8.84. The molecule has 1 N–H and O–H groups in total. The molecule has 21 heavy (non-hydrogen) atoms. The molecule has 0 unspecified atom stereocenters. The van der Waals surface area contributed by atoms with Crippen molar-refractivity contribution in [3.05, 3.63) is 27.7 Å². The second kappa shape index (κ2) is 8.70. The quantitative estimate of drug-likeness (QED) is 0.737. The smallest absolute Gasteiger partial charge is 0.255 e. The van der Waals surface area contributed by atoms with E-state index in [1.807, 2.05) is 26.0 Å². The summed E-state index contributed by atoms with van der Waals surface area (Å²) in [6.07, 6.45) is -2.60. The first-order valence-corrected chi connectivity index (χ1v) is 8.19. The van der Waals surface area contributed by atoms with Gasteiger partial charge < -0.3 is 10.0 Å². The van der Waals surface area contributed by atoms with Crippen molar-refractivity contribution in [2.75, 3.05) is 25.4 Å². The predicted molar refractivity (Wildman–Crippen MR) is 84.0 cm³/mol. The lowest BCUT2D eigenvalue weighted by Gasteiger charge is -2.21. The average Bonchev–Trinajstić information content (AvgIpc) is 2.40. The largest absolute Gasteiger partial charge is 0.395 e. The van der Waals surface area contributed by atoms with E-state index in [0.29, 0.717) is 0 Å². The van der Waals surface area contributed by atoms with E-state index < -0.39 is 18.9 Å². The SMILES string of the molecule is Cc1cc(SCC(=O)N(CCO)CC(F)F)c(C)cc1Br. The van der Waals surface area contributed by atoms with E-state index in [0.717, 1.165) is 25.4 Å². The molecule has 7 heteroatoms. The number of hydrogen-bond donors (Lipinski definition) is 1. The van der Waals surface area contributed by atoms with Gasteiger partial charge in [0.1, 0.15) is 0 Å². The number of carbonyl (C=O) groups excluding carboxylic acids is 1. The van der Waals surface area contributed by atoms with Crippen LogP contribution < -0.4 is 0 Å². The molecular weight excluding hydrogens is 364 g/mol. The summed E-state index contributed by atoms with van der Waals surface area (Å²) >= 11 is 4.76. The maximum absolute atomic E-state index is 12.4. The highest BCUT2D eigenvalue weighted by Gasteiger charge is 2.18. The van der Waals surface area contributed by atoms with E-state index in [1.54, 1.807) is 0 Å². The first-order chi connectivity index (χ1) is 9.85. The third-order valence-electron chi connectivity index (χ3n) is 2.89. The van der Waals surface area contributed by atoms with Crippen molar-refractivity contribution in [1.82, 2.24) is 4.90 Å². The number of carbonyl (C=O) groups is 1. The van der Waals surface area contributed by atoms with Gasteiger partial charge in [-0.1, -0.05) is 15.9 Å². The number of benzene rings is 1. The van der Waals surface area contributed by atoms with Crippen molar-refractivity contribution in [3.63, 3.8) is 0 Å². The molecule has 0 heterocycles. The fourth-order valence-corrected chi connectivity index (χ4v) is 3.21. The summed E-state index contributed by atoms with van der Waals surface area (Å²) in [7, 11) is 0. The molecule has 0 spiro atoms. The average molecular weight is 382 g/mol.